The summed E-state index contributed by atoms with van der Waals surface area (Å²) in [7, 11) is -6.73. The molecule has 0 saturated carbocycles. The standard InChI is InChI=1S/C9H16O5S2/c1-3-9(7-14-4-2)8-15(10,11)5-6-16(9,12)13/h4H,2-3,5-8H2,1H3. The van der Waals surface area contributed by atoms with E-state index in [0.717, 1.165) is 6.26 Å². The molecule has 0 radical (unpaired) electrons. The van der Waals surface area contributed by atoms with Gasteiger partial charge in [0, 0.05) is 0 Å². The van der Waals surface area contributed by atoms with Crippen LogP contribution in [0, 0.1) is 0 Å². The van der Waals surface area contributed by atoms with E-state index in [-0.39, 0.29) is 30.3 Å². The first-order valence-corrected chi connectivity index (χ1v) is 8.41. The second-order valence-corrected chi connectivity index (χ2v) is 8.61. The lowest BCUT2D eigenvalue weighted by atomic mass is 10.1. The molecule has 1 heterocycles. The Morgan fingerprint density at radius 2 is 1.94 bits per heavy atom. The average molecular weight is 268 g/mol. The Balaban J connectivity index is 3.14. The molecule has 0 spiro atoms. The Labute approximate surface area is 96.3 Å². The van der Waals surface area contributed by atoms with Gasteiger partial charge in [0.15, 0.2) is 19.7 Å². The monoisotopic (exact) mass is 268 g/mol. The summed E-state index contributed by atoms with van der Waals surface area (Å²) < 4.78 is 50.6. The van der Waals surface area contributed by atoms with Crippen LogP contribution in [-0.2, 0) is 24.4 Å². The lowest BCUT2D eigenvalue weighted by Gasteiger charge is -2.34. The van der Waals surface area contributed by atoms with Crippen LogP contribution in [0.5, 0.6) is 0 Å². The van der Waals surface area contributed by atoms with Crippen LogP contribution < -0.4 is 0 Å². The molecule has 1 saturated heterocycles. The third kappa shape index (κ3) is 2.40. The summed E-state index contributed by atoms with van der Waals surface area (Å²) in [5, 5.41) is 0. The van der Waals surface area contributed by atoms with E-state index in [1.807, 2.05) is 0 Å². The van der Waals surface area contributed by atoms with Crippen LogP contribution in [0.25, 0.3) is 0 Å². The fraction of sp³-hybridized carbons (Fsp3) is 0.778. The first kappa shape index (κ1) is 13.5. The molecule has 0 aromatic heterocycles. The summed E-state index contributed by atoms with van der Waals surface area (Å²) in [6.07, 6.45) is 1.36. The van der Waals surface area contributed by atoms with Gasteiger partial charge in [-0.2, -0.15) is 0 Å². The van der Waals surface area contributed by atoms with E-state index in [9.17, 15) is 16.8 Å². The van der Waals surface area contributed by atoms with Gasteiger partial charge in [-0.1, -0.05) is 13.5 Å². The van der Waals surface area contributed by atoms with Crippen LogP contribution in [0.1, 0.15) is 13.3 Å². The second kappa shape index (κ2) is 4.37. The lowest BCUT2D eigenvalue weighted by molar-refractivity contribution is 0.212. The van der Waals surface area contributed by atoms with Gasteiger partial charge in [-0.05, 0) is 6.42 Å². The van der Waals surface area contributed by atoms with E-state index < -0.39 is 24.4 Å². The molecule has 5 nitrogen and oxygen atoms in total. The highest BCUT2D eigenvalue weighted by Gasteiger charge is 2.50. The molecule has 94 valence electrons. The normalized spacial score (nSPS) is 31.8. The first-order valence-electron chi connectivity index (χ1n) is 4.94. The Hall–Kier alpha value is -0.560. The van der Waals surface area contributed by atoms with Crippen molar-refractivity contribution in [3.63, 3.8) is 0 Å². The molecule has 1 aliphatic rings. The predicted molar refractivity (Wildman–Crippen MR) is 61.6 cm³/mol. The summed E-state index contributed by atoms with van der Waals surface area (Å²) in [5.41, 5.74) is 0. The van der Waals surface area contributed by atoms with Gasteiger partial charge in [0.2, 0.25) is 0 Å². The van der Waals surface area contributed by atoms with Crippen LogP contribution in [0.4, 0.5) is 0 Å². The highest BCUT2D eigenvalue weighted by atomic mass is 32.2. The van der Waals surface area contributed by atoms with Crippen LogP contribution in [-0.4, -0.2) is 45.4 Å². The fourth-order valence-corrected chi connectivity index (χ4v) is 7.29. The molecule has 0 amide bonds. The molecule has 1 fully saturated rings. The van der Waals surface area contributed by atoms with Gasteiger partial charge in [-0.25, -0.2) is 16.8 Å². The Morgan fingerprint density at radius 3 is 2.44 bits per heavy atom. The quantitative estimate of drug-likeness (QED) is 0.678. The van der Waals surface area contributed by atoms with Gasteiger partial charge in [0.1, 0.15) is 11.4 Å². The molecule has 1 aliphatic heterocycles. The fourth-order valence-electron chi connectivity index (χ4n) is 1.78. The van der Waals surface area contributed by atoms with Crippen molar-refractivity contribution in [1.82, 2.24) is 0 Å². The average Bonchev–Trinajstić information content (AvgIpc) is 2.20. The summed E-state index contributed by atoms with van der Waals surface area (Å²) >= 11 is 0. The number of ether oxygens (including phenoxy) is 1. The van der Waals surface area contributed by atoms with Crippen molar-refractivity contribution < 1.29 is 21.6 Å². The number of rotatable bonds is 4. The smallest absolute Gasteiger partial charge is 0.161 e. The highest BCUT2D eigenvalue weighted by Crippen LogP contribution is 2.30. The van der Waals surface area contributed by atoms with Crippen LogP contribution in [0.15, 0.2) is 12.8 Å². The lowest BCUT2D eigenvalue weighted by Crippen LogP contribution is -2.54. The van der Waals surface area contributed by atoms with Gasteiger partial charge in [0.25, 0.3) is 0 Å². The number of hydrogen-bond donors (Lipinski definition) is 0. The van der Waals surface area contributed by atoms with Crippen LogP contribution in [0.3, 0.4) is 0 Å². The zero-order valence-corrected chi connectivity index (χ0v) is 10.8. The van der Waals surface area contributed by atoms with Crippen molar-refractivity contribution in [3.05, 3.63) is 12.8 Å². The van der Waals surface area contributed by atoms with Crippen molar-refractivity contribution in [1.29, 1.82) is 0 Å². The zero-order chi connectivity index (χ0) is 12.4. The van der Waals surface area contributed by atoms with E-state index in [0.29, 0.717) is 0 Å². The number of hydrogen-bond acceptors (Lipinski definition) is 5. The Bertz CT molecular complexity index is 462. The van der Waals surface area contributed by atoms with E-state index in [4.69, 9.17) is 4.74 Å². The van der Waals surface area contributed by atoms with E-state index in [1.54, 1.807) is 6.92 Å². The van der Waals surface area contributed by atoms with Gasteiger partial charge in [0.05, 0.1) is 23.5 Å². The van der Waals surface area contributed by atoms with Crippen molar-refractivity contribution in [2.45, 2.75) is 18.1 Å². The SMILES string of the molecule is C=COCC1(CC)CS(=O)(=O)CCS1(=O)=O. The molecule has 7 heteroatoms. The second-order valence-electron chi connectivity index (χ2n) is 3.93. The van der Waals surface area contributed by atoms with E-state index in [1.165, 1.54) is 0 Å². The zero-order valence-electron chi connectivity index (χ0n) is 9.18. The molecular formula is C9H16O5S2. The van der Waals surface area contributed by atoms with Crippen molar-refractivity contribution in [2.24, 2.45) is 0 Å². The third-order valence-corrected chi connectivity index (χ3v) is 7.79. The summed E-state index contributed by atoms with van der Waals surface area (Å²) in [4.78, 5) is 0. The first-order chi connectivity index (χ1) is 7.29. The van der Waals surface area contributed by atoms with E-state index >= 15 is 0 Å². The minimum absolute atomic E-state index is 0.144. The molecule has 1 atom stereocenters. The third-order valence-electron chi connectivity index (χ3n) is 2.91. The Morgan fingerprint density at radius 1 is 1.31 bits per heavy atom. The Kier molecular flexibility index (Phi) is 3.69. The van der Waals surface area contributed by atoms with E-state index in [2.05, 4.69) is 6.58 Å². The van der Waals surface area contributed by atoms with Crippen LogP contribution >= 0.6 is 0 Å². The molecule has 1 unspecified atom stereocenters. The largest absolute Gasteiger partial charge is 0.500 e. The minimum atomic E-state index is -3.43. The topological polar surface area (TPSA) is 77.5 Å². The van der Waals surface area contributed by atoms with Crippen LogP contribution in [0.2, 0.25) is 0 Å². The molecule has 0 bridgehead atoms. The van der Waals surface area contributed by atoms with Gasteiger partial charge >= 0.3 is 0 Å². The van der Waals surface area contributed by atoms with Crippen molar-refractivity contribution in [3.8, 4) is 0 Å². The summed E-state index contributed by atoms with van der Waals surface area (Å²) in [5.74, 6) is -0.957. The van der Waals surface area contributed by atoms with Gasteiger partial charge in [-0.3, -0.25) is 0 Å². The predicted octanol–water partition coefficient (Wildman–Crippen LogP) is 0.139. The maximum Gasteiger partial charge on any atom is 0.161 e. The minimum Gasteiger partial charge on any atom is -0.500 e. The summed E-state index contributed by atoms with van der Waals surface area (Å²) in [6.45, 7) is 4.84. The van der Waals surface area contributed by atoms with Crippen molar-refractivity contribution in [2.75, 3.05) is 23.9 Å². The molecule has 0 N–H and O–H groups in total. The number of sulfone groups is 2. The molecule has 16 heavy (non-hydrogen) atoms. The highest BCUT2D eigenvalue weighted by molar-refractivity contribution is 7.99. The van der Waals surface area contributed by atoms with Gasteiger partial charge in [-0.15, -0.1) is 0 Å². The molecule has 0 aromatic rings. The maximum atomic E-state index is 11.9. The van der Waals surface area contributed by atoms with Crippen molar-refractivity contribution >= 4 is 19.7 Å². The molecule has 0 aliphatic carbocycles. The summed E-state index contributed by atoms with van der Waals surface area (Å²) in [6, 6.07) is 0. The molecular weight excluding hydrogens is 252 g/mol. The van der Waals surface area contributed by atoms with Gasteiger partial charge < -0.3 is 4.74 Å². The molecule has 1 rings (SSSR count). The maximum absolute atomic E-state index is 11.9. The molecule has 0 aromatic carbocycles.